The number of halogens is 1. The minimum Gasteiger partial charge on any atom is -0.486 e. The van der Waals surface area contributed by atoms with Gasteiger partial charge in [0.2, 0.25) is 0 Å². The van der Waals surface area contributed by atoms with Gasteiger partial charge < -0.3 is 19.7 Å². The van der Waals surface area contributed by atoms with Gasteiger partial charge in [0, 0.05) is 32.7 Å². The van der Waals surface area contributed by atoms with E-state index in [2.05, 4.69) is 23.2 Å². The lowest BCUT2D eigenvalue weighted by Crippen LogP contribution is -2.44. The minimum absolute atomic E-state index is 0.576. The van der Waals surface area contributed by atoms with Crippen LogP contribution in [0.25, 0.3) is 0 Å². The van der Waals surface area contributed by atoms with Crippen LogP contribution in [-0.4, -0.2) is 50.8 Å². The molecule has 2 aliphatic rings. The normalized spacial score (nSPS) is 19.1. The van der Waals surface area contributed by atoms with Crippen molar-refractivity contribution in [3.8, 4) is 11.5 Å². The fourth-order valence-electron chi connectivity index (χ4n) is 2.76. The summed E-state index contributed by atoms with van der Waals surface area (Å²) in [7, 11) is 0. The molecule has 1 N–H and O–H groups in total. The van der Waals surface area contributed by atoms with Crippen molar-refractivity contribution in [3.63, 3.8) is 0 Å². The summed E-state index contributed by atoms with van der Waals surface area (Å²) in [5.74, 6) is 1.50. The van der Waals surface area contributed by atoms with Gasteiger partial charge in [-0.3, -0.25) is 0 Å². The largest absolute Gasteiger partial charge is 0.486 e. The van der Waals surface area contributed by atoms with Gasteiger partial charge in [-0.25, -0.2) is 0 Å². The molecular formula is C15H21ClN2O2. The number of hydrogen-bond donors (Lipinski definition) is 1. The Hall–Kier alpha value is -0.970. The number of fused-ring (bicyclic) bond motifs is 1. The molecule has 2 aliphatic heterocycles. The van der Waals surface area contributed by atoms with Crippen molar-refractivity contribution >= 4 is 11.6 Å². The van der Waals surface area contributed by atoms with E-state index in [-0.39, 0.29) is 0 Å². The second-order valence-electron chi connectivity index (χ2n) is 5.34. The zero-order chi connectivity index (χ0) is 13.9. The van der Waals surface area contributed by atoms with E-state index in [1.54, 1.807) is 0 Å². The molecule has 20 heavy (non-hydrogen) atoms. The third-order valence-corrected chi connectivity index (χ3v) is 4.49. The maximum absolute atomic E-state index is 6.41. The molecule has 0 aromatic heterocycles. The predicted octanol–water partition coefficient (Wildman–Crippen LogP) is 1.87. The first kappa shape index (κ1) is 14.0. The van der Waals surface area contributed by atoms with Gasteiger partial charge >= 0.3 is 0 Å². The van der Waals surface area contributed by atoms with Gasteiger partial charge in [-0.2, -0.15) is 0 Å². The summed E-state index contributed by atoms with van der Waals surface area (Å²) < 4.78 is 11.3. The Morgan fingerprint density at radius 3 is 2.80 bits per heavy atom. The van der Waals surface area contributed by atoms with E-state index in [1.807, 2.05) is 0 Å². The first-order chi connectivity index (χ1) is 9.75. The molecule has 0 aliphatic carbocycles. The van der Waals surface area contributed by atoms with Gasteiger partial charge in [0.15, 0.2) is 11.5 Å². The molecule has 1 aromatic rings. The molecule has 0 saturated carbocycles. The molecular weight excluding hydrogens is 276 g/mol. The summed E-state index contributed by atoms with van der Waals surface area (Å²) in [4.78, 5) is 2.49. The second-order valence-corrected chi connectivity index (χ2v) is 5.72. The van der Waals surface area contributed by atoms with Crippen LogP contribution in [0.3, 0.4) is 0 Å². The molecule has 0 amide bonds. The molecule has 5 heteroatoms. The quantitative estimate of drug-likeness (QED) is 0.923. The average Bonchev–Trinajstić information content (AvgIpc) is 2.50. The molecule has 4 nitrogen and oxygen atoms in total. The summed E-state index contributed by atoms with van der Waals surface area (Å²) in [5.41, 5.74) is 2.38. The maximum atomic E-state index is 6.41. The number of ether oxygens (including phenoxy) is 2. The second kappa shape index (κ2) is 6.20. The number of rotatable bonds is 3. The van der Waals surface area contributed by atoms with Crippen molar-refractivity contribution in [2.45, 2.75) is 13.3 Å². The van der Waals surface area contributed by atoms with Gasteiger partial charge in [0.05, 0.1) is 5.02 Å². The maximum Gasteiger partial charge on any atom is 0.180 e. The average molecular weight is 297 g/mol. The zero-order valence-corrected chi connectivity index (χ0v) is 12.6. The fourth-order valence-corrected chi connectivity index (χ4v) is 3.03. The van der Waals surface area contributed by atoms with Crippen LogP contribution < -0.4 is 14.8 Å². The fraction of sp³-hybridized carbons (Fsp3) is 0.600. The van der Waals surface area contributed by atoms with Crippen molar-refractivity contribution in [1.82, 2.24) is 10.2 Å². The van der Waals surface area contributed by atoms with E-state index in [1.165, 1.54) is 5.56 Å². The molecule has 2 heterocycles. The van der Waals surface area contributed by atoms with Crippen LogP contribution in [0.2, 0.25) is 5.02 Å². The van der Waals surface area contributed by atoms with E-state index in [9.17, 15) is 0 Å². The van der Waals surface area contributed by atoms with E-state index >= 15 is 0 Å². The molecule has 0 unspecified atom stereocenters. The summed E-state index contributed by atoms with van der Waals surface area (Å²) in [5, 5.41) is 4.08. The molecule has 1 saturated heterocycles. The van der Waals surface area contributed by atoms with E-state index < -0.39 is 0 Å². The number of benzene rings is 1. The Balaban J connectivity index is 1.73. The number of hydrogen-bond acceptors (Lipinski definition) is 4. The van der Waals surface area contributed by atoms with E-state index in [0.29, 0.717) is 24.0 Å². The topological polar surface area (TPSA) is 33.7 Å². The summed E-state index contributed by atoms with van der Waals surface area (Å²) in [6.07, 6.45) is 1.00. The van der Waals surface area contributed by atoms with Gasteiger partial charge in [0.25, 0.3) is 0 Å². The highest BCUT2D eigenvalue weighted by atomic mass is 35.5. The highest BCUT2D eigenvalue weighted by Crippen LogP contribution is 2.41. The van der Waals surface area contributed by atoms with Crippen LogP contribution in [0.5, 0.6) is 11.5 Å². The Labute approximate surface area is 125 Å². The first-order valence-electron chi connectivity index (χ1n) is 7.26. The Kier molecular flexibility index (Phi) is 4.34. The third-order valence-electron chi connectivity index (χ3n) is 4.03. The molecule has 0 radical (unpaired) electrons. The molecule has 1 fully saturated rings. The van der Waals surface area contributed by atoms with Crippen molar-refractivity contribution in [3.05, 3.63) is 22.2 Å². The van der Waals surface area contributed by atoms with Crippen LogP contribution in [0.1, 0.15) is 11.1 Å². The SMILES string of the molecule is Cc1c(CCN2CCNCC2)cc2c(c1Cl)OCCO2. The van der Waals surface area contributed by atoms with Crippen molar-refractivity contribution in [2.75, 3.05) is 45.9 Å². The first-order valence-corrected chi connectivity index (χ1v) is 7.64. The Morgan fingerprint density at radius 1 is 1.25 bits per heavy atom. The van der Waals surface area contributed by atoms with Gasteiger partial charge in [-0.05, 0) is 30.5 Å². The summed E-state index contributed by atoms with van der Waals surface area (Å²) in [6.45, 7) is 8.72. The molecule has 0 spiro atoms. The number of nitrogens with one attached hydrogen (secondary N) is 1. The predicted molar refractivity (Wildman–Crippen MR) is 80.2 cm³/mol. The standard InChI is InChI=1S/C15H21ClN2O2/c1-11-12(2-5-18-6-3-17-4-7-18)10-13-15(14(11)16)20-9-8-19-13/h10,17H,2-9H2,1H3. The van der Waals surface area contributed by atoms with E-state index in [0.717, 1.165) is 50.5 Å². The molecule has 0 bridgehead atoms. The van der Waals surface area contributed by atoms with Crippen LogP contribution in [0.4, 0.5) is 0 Å². The van der Waals surface area contributed by atoms with Crippen LogP contribution >= 0.6 is 11.6 Å². The monoisotopic (exact) mass is 296 g/mol. The van der Waals surface area contributed by atoms with Crippen LogP contribution in [-0.2, 0) is 6.42 Å². The molecule has 3 rings (SSSR count). The van der Waals surface area contributed by atoms with Crippen molar-refractivity contribution in [1.29, 1.82) is 0 Å². The smallest absolute Gasteiger partial charge is 0.180 e. The van der Waals surface area contributed by atoms with Crippen molar-refractivity contribution < 1.29 is 9.47 Å². The highest BCUT2D eigenvalue weighted by molar-refractivity contribution is 6.33. The summed E-state index contributed by atoms with van der Waals surface area (Å²) >= 11 is 6.41. The van der Waals surface area contributed by atoms with Crippen molar-refractivity contribution in [2.24, 2.45) is 0 Å². The highest BCUT2D eigenvalue weighted by Gasteiger charge is 2.20. The molecule has 1 aromatic carbocycles. The Bertz CT molecular complexity index is 487. The van der Waals surface area contributed by atoms with Crippen LogP contribution in [0, 0.1) is 6.92 Å². The minimum atomic E-state index is 0.576. The van der Waals surface area contributed by atoms with Gasteiger partial charge in [-0.15, -0.1) is 0 Å². The Morgan fingerprint density at radius 2 is 2.00 bits per heavy atom. The molecule has 0 atom stereocenters. The lowest BCUT2D eigenvalue weighted by Gasteiger charge is -2.28. The van der Waals surface area contributed by atoms with Crippen LogP contribution in [0.15, 0.2) is 6.07 Å². The van der Waals surface area contributed by atoms with Gasteiger partial charge in [0.1, 0.15) is 13.2 Å². The lowest BCUT2D eigenvalue weighted by atomic mass is 10.0. The summed E-state index contributed by atoms with van der Waals surface area (Å²) in [6, 6.07) is 2.10. The third kappa shape index (κ3) is 2.87. The lowest BCUT2D eigenvalue weighted by molar-refractivity contribution is 0.171. The van der Waals surface area contributed by atoms with E-state index in [4.69, 9.17) is 21.1 Å². The van der Waals surface area contributed by atoms with Gasteiger partial charge in [-0.1, -0.05) is 11.6 Å². The number of nitrogens with zero attached hydrogens (tertiary/aromatic N) is 1. The molecule has 110 valence electrons. The number of piperazine rings is 1. The zero-order valence-electron chi connectivity index (χ0n) is 11.9.